The third kappa shape index (κ3) is 3.40. The molecule has 0 saturated heterocycles. The molecule has 150 valence electrons. The maximum absolute atomic E-state index is 11.0. The Balaban J connectivity index is 1.96. The van der Waals surface area contributed by atoms with E-state index >= 15 is 0 Å². The van der Waals surface area contributed by atoms with Gasteiger partial charge in [-0.25, -0.2) is 9.13 Å². The van der Waals surface area contributed by atoms with E-state index in [1.807, 2.05) is 70.8 Å². The Labute approximate surface area is 179 Å². The first-order chi connectivity index (χ1) is 14.5. The van der Waals surface area contributed by atoms with E-state index in [2.05, 4.69) is 0 Å². The fourth-order valence-electron chi connectivity index (χ4n) is 3.54. The molecule has 0 atom stereocenters. The summed E-state index contributed by atoms with van der Waals surface area (Å²) in [5.74, 6) is 1.68. The second-order valence-electron chi connectivity index (χ2n) is 6.74. The predicted molar refractivity (Wildman–Crippen MR) is 117 cm³/mol. The van der Waals surface area contributed by atoms with Crippen molar-refractivity contribution in [2.24, 2.45) is 7.05 Å². The Kier molecular flexibility index (Phi) is 5.20. The number of nitrogens with zero attached hydrogens (tertiary/aromatic N) is 3. The van der Waals surface area contributed by atoms with Crippen LogP contribution in [-0.4, -0.2) is 16.6 Å². The van der Waals surface area contributed by atoms with Gasteiger partial charge in [0.2, 0.25) is 0 Å². The smallest absolute Gasteiger partial charge is 0.292 e. The summed E-state index contributed by atoms with van der Waals surface area (Å²) in [7, 11) is 3.58. The highest BCUT2D eigenvalue weighted by molar-refractivity contribution is 7.58. The van der Waals surface area contributed by atoms with Gasteiger partial charge in [-0.3, -0.25) is 10.1 Å². The lowest BCUT2D eigenvalue weighted by atomic mass is 10.1. The highest BCUT2D eigenvalue weighted by Gasteiger charge is 2.26. The number of benzene rings is 3. The molecule has 0 spiro atoms. The number of imidazole rings is 1. The van der Waals surface area contributed by atoms with E-state index in [0.717, 1.165) is 34.1 Å². The van der Waals surface area contributed by atoms with E-state index in [1.54, 1.807) is 19.2 Å². The lowest BCUT2D eigenvalue weighted by molar-refractivity contribution is -0.649. The molecule has 4 rings (SSSR count). The molecule has 1 heterocycles. The third-order valence-electron chi connectivity index (χ3n) is 4.98. The van der Waals surface area contributed by atoms with Crippen LogP contribution in [0, 0.1) is 10.1 Å². The monoisotopic (exact) mass is 417 g/mol. The summed E-state index contributed by atoms with van der Waals surface area (Å²) in [5, 5.41) is 11.7. The van der Waals surface area contributed by atoms with Gasteiger partial charge in [0.25, 0.3) is 11.5 Å². The quantitative estimate of drug-likeness (QED) is 0.208. The van der Waals surface area contributed by atoms with Crippen molar-refractivity contribution in [2.45, 2.75) is 5.03 Å². The predicted octanol–water partition coefficient (Wildman–Crippen LogP) is 4.46. The van der Waals surface area contributed by atoms with Gasteiger partial charge in [0.1, 0.15) is 11.4 Å². The van der Waals surface area contributed by atoms with Crippen LogP contribution in [0.1, 0.15) is 0 Å². The van der Waals surface area contributed by atoms with Gasteiger partial charge in [-0.1, -0.05) is 18.2 Å². The van der Waals surface area contributed by atoms with Gasteiger partial charge in [-0.05, 0) is 48.5 Å². The molecule has 0 saturated carbocycles. The van der Waals surface area contributed by atoms with Gasteiger partial charge in [-0.15, -0.1) is 0 Å². The molecule has 4 aromatic rings. The summed E-state index contributed by atoms with van der Waals surface area (Å²) < 4.78 is 9.34. The van der Waals surface area contributed by atoms with E-state index in [9.17, 15) is 10.1 Å². The van der Waals surface area contributed by atoms with Crippen molar-refractivity contribution in [2.75, 3.05) is 7.11 Å². The molecule has 0 aliphatic rings. The number of hydrogen-bond acceptors (Lipinski definition) is 4. The lowest BCUT2D eigenvalue weighted by Crippen LogP contribution is -2.32. The zero-order valence-corrected chi connectivity index (χ0v) is 17.3. The Bertz CT molecular complexity index is 1200. The number of rotatable bonds is 5. The van der Waals surface area contributed by atoms with Crippen molar-refractivity contribution in [3.8, 4) is 34.1 Å². The molecule has 0 aliphatic heterocycles. The molecule has 0 aliphatic carbocycles. The molecule has 0 N–H and O–H groups in total. The summed E-state index contributed by atoms with van der Waals surface area (Å²) in [4.78, 5) is 10.6. The third-order valence-corrected chi connectivity index (χ3v) is 5.36. The van der Waals surface area contributed by atoms with Gasteiger partial charge in [0, 0.05) is 22.7 Å². The average Bonchev–Trinajstić information content (AvgIpc) is 3.04. The molecule has 0 fully saturated rings. The van der Waals surface area contributed by atoms with E-state index in [1.165, 1.54) is 12.1 Å². The number of non-ortho nitro benzene ring substituents is 1. The number of nitro groups is 1. The van der Waals surface area contributed by atoms with E-state index in [4.69, 9.17) is 17.4 Å². The van der Waals surface area contributed by atoms with Crippen molar-refractivity contribution in [3.05, 3.63) is 89.0 Å². The second kappa shape index (κ2) is 7.96. The van der Waals surface area contributed by atoms with Gasteiger partial charge >= 0.3 is 0 Å². The van der Waals surface area contributed by atoms with Crippen LogP contribution < -0.4 is 9.30 Å². The lowest BCUT2D eigenvalue weighted by Gasteiger charge is -2.09. The number of para-hydroxylation sites is 1. The first-order valence-corrected chi connectivity index (χ1v) is 9.68. The first kappa shape index (κ1) is 19.6. The van der Waals surface area contributed by atoms with E-state index in [0.29, 0.717) is 5.03 Å². The van der Waals surface area contributed by atoms with Crippen molar-refractivity contribution >= 4 is 18.3 Å². The molecule has 6 nitrogen and oxygen atoms in total. The molecule has 0 radical (unpaired) electrons. The van der Waals surface area contributed by atoms with E-state index < -0.39 is 4.92 Å². The second-order valence-corrected chi connectivity index (χ2v) is 7.13. The van der Waals surface area contributed by atoms with Crippen LogP contribution >= 0.6 is 0 Å². The van der Waals surface area contributed by atoms with Crippen LogP contribution in [0.15, 0.2) is 83.9 Å². The molecular weight excluding hydrogens is 398 g/mol. The SMILES string of the molecule is COc1ccc(-c2n(-c3ccccc3)c([S-])c(-c3ccc([N+](=O)[O-])cc3)[n+]2C)cc1. The van der Waals surface area contributed by atoms with Crippen LogP contribution in [0.25, 0.3) is 28.3 Å². The fourth-order valence-corrected chi connectivity index (χ4v) is 3.99. The Morgan fingerprint density at radius 2 is 1.53 bits per heavy atom. The highest BCUT2D eigenvalue weighted by Crippen LogP contribution is 2.31. The molecule has 0 unspecified atom stereocenters. The standard InChI is InChI=1S/C23H19N3O3S/c1-24-21(16-8-12-19(13-9-16)26(27)28)23(30)25(18-6-4-3-5-7-18)22(24)17-10-14-20(29-2)15-11-17/h3-15H,1-2H3. The van der Waals surface area contributed by atoms with Crippen LogP contribution in [0.2, 0.25) is 0 Å². The molecule has 0 bridgehead atoms. The minimum atomic E-state index is -0.406. The summed E-state index contributed by atoms with van der Waals surface area (Å²) in [6, 6.07) is 24.1. The molecule has 1 aromatic heterocycles. The molecule has 3 aromatic carbocycles. The van der Waals surface area contributed by atoms with Gasteiger partial charge in [0.05, 0.1) is 24.6 Å². The Hall–Kier alpha value is -3.71. The van der Waals surface area contributed by atoms with Crippen LogP contribution in [0.4, 0.5) is 5.69 Å². The summed E-state index contributed by atoms with van der Waals surface area (Å²) in [6.45, 7) is 0. The van der Waals surface area contributed by atoms with Crippen molar-refractivity contribution in [1.29, 1.82) is 0 Å². The zero-order chi connectivity index (χ0) is 21.3. The van der Waals surface area contributed by atoms with Crippen molar-refractivity contribution in [3.63, 3.8) is 0 Å². The van der Waals surface area contributed by atoms with Gasteiger partial charge < -0.3 is 17.4 Å². The van der Waals surface area contributed by atoms with E-state index in [-0.39, 0.29) is 5.69 Å². The minimum absolute atomic E-state index is 0.0465. The maximum atomic E-state index is 11.0. The normalized spacial score (nSPS) is 10.7. The maximum Gasteiger partial charge on any atom is 0.292 e. The minimum Gasteiger partial charge on any atom is -0.733 e. The first-order valence-electron chi connectivity index (χ1n) is 9.27. The summed E-state index contributed by atoms with van der Waals surface area (Å²) in [6.07, 6.45) is 0. The van der Waals surface area contributed by atoms with Gasteiger partial charge in [0.15, 0.2) is 5.69 Å². The number of aromatic nitrogens is 2. The largest absolute Gasteiger partial charge is 0.733 e. The summed E-state index contributed by atoms with van der Waals surface area (Å²) in [5.41, 5.74) is 3.59. The van der Waals surface area contributed by atoms with Crippen molar-refractivity contribution < 1.29 is 14.2 Å². The number of ether oxygens (including phenoxy) is 1. The van der Waals surface area contributed by atoms with Crippen LogP contribution in [-0.2, 0) is 19.7 Å². The zero-order valence-electron chi connectivity index (χ0n) is 16.5. The van der Waals surface area contributed by atoms with Crippen molar-refractivity contribution in [1.82, 2.24) is 4.57 Å². The van der Waals surface area contributed by atoms with Crippen LogP contribution in [0.5, 0.6) is 5.75 Å². The number of methoxy groups -OCH3 is 1. The molecular formula is C23H19N3O3S. The average molecular weight is 417 g/mol. The van der Waals surface area contributed by atoms with Crippen LogP contribution in [0.3, 0.4) is 0 Å². The topological polar surface area (TPSA) is 61.2 Å². The fraction of sp³-hybridized carbons (Fsp3) is 0.0870. The number of hydrogen-bond donors (Lipinski definition) is 0. The molecule has 30 heavy (non-hydrogen) atoms. The van der Waals surface area contributed by atoms with Gasteiger partial charge in [-0.2, -0.15) is 0 Å². The highest BCUT2D eigenvalue weighted by atomic mass is 32.1. The Morgan fingerprint density at radius 1 is 0.933 bits per heavy atom. The molecule has 7 heteroatoms. The Morgan fingerprint density at radius 3 is 2.10 bits per heavy atom. The summed E-state index contributed by atoms with van der Waals surface area (Å²) >= 11 is 5.88. The molecule has 0 amide bonds. The number of nitro benzene ring substituents is 1.